The van der Waals surface area contributed by atoms with Crippen molar-refractivity contribution in [1.29, 1.82) is 0 Å². The van der Waals surface area contributed by atoms with Crippen LogP contribution >= 0.6 is 22.9 Å². The fourth-order valence-corrected chi connectivity index (χ4v) is 2.46. The van der Waals surface area contributed by atoms with Crippen LogP contribution in [0.25, 0.3) is 21.9 Å². The van der Waals surface area contributed by atoms with Gasteiger partial charge in [-0.2, -0.15) is 0 Å². The Morgan fingerprint density at radius 2 is 2.06 bits per heavy atom. The van der Waals surface area contributed by atoms with Crippen molar-refractivity contribution in [1.82, 2.24) is 5.16 Å². The van der Waals surface area contributed by atoms with Gasteiger partial charge in [0.05, 0.1) is 4.88 Å². The third kappa shape index (κ3) is 2.12. The number of aromatic nitrogens is 1. The molecule has 0 aliphatic heterocycles. The Balaban J connectivity index is 2.01. The van der Waals surface area contributed by atoms with Gasteiger partial charge in [0.15, 0.2) is 5.76 Å². The molecule has 0 fully saturated rings. The summed E-state index contributed by atoms with van der Waals surface area (Å²) < 4.78 is 5.33. The molecule has 4 heteroatoms. The lowest BCUT2D eigenvalue weighted by molar-refractivity contribution is 0.435. The number of rotatable bonds is 2. The predicted octanol–water partition coefficient (Wildman–Crippen LogP) is 4.72. The quantitative estimate of drug-likeness (QED) is 0.667. The van der Waals surface area contributed by atoms with Crippen molar-refractivity contribution in [2.75, 3.05) is 0 Å². The first-order valence-corrected chi connectivity index (χ1v) is 6.35. The molecule has 0 N–H and O–H groups in total. The highest BCUT2D eigenvalue weighted by Gasteiger charge is 2.09. The van der Waals surface area contributed by atoms with E-state index >= 15 is 0 Å². The van der Waals surface area contributed by atoms with Crippen molar-refractivity contribution in [2.24, 2.45) is 0 Å². The van der Waals surface area contributed by atoms with E-state index in [-0.39, 0.29) is 0 Å². The Morgan fingerprint density at radius 1 is 1.12 bits per heavy atom. The lowest BCUT2D eigenvalue weighted by Gasteiger charge is -1.94. The van der Waals surface area contributed by atoms with Gasteiger partial charge in [-0.05, 0) is 23.6 Å². The topological polar surface area (TPSA) is 26.0 Å². The van der Waals surface area contributed by atoms with E-state index in [1.54, 1.807) is 11.3 Å². The van der Waals surface area contributed by atoms with Gasteiger partial charge < -0.3 is 4.52 Å². The van der Waals surface area contributed by atoms with Gasteiger partial charge >= 0.3 is 0 Å². The zero-order valence-electron chi connectivity index (χ0n) is 8.76. The molecule has 0 aliphatic rings. The minimum Gasteiger partial charge on any atom is -0.356 e. The van der Waals surface area contributed by atoms with E-state index in [2.05, 4.69) is 5.16 Å². The first-order valence-electron chi connectivity index (χ1n) is 5.09. The average Bonchev–Trinajstić information content (AvgIpc) is 3.00. The van der Waals surface area contributed by atoms with Crippen LogP contribution in [0.4, 0.5) is 0 Å². The molecule has 0 bridgehead atoms. The van der Waals surface area contributed by atoms with Crippen LogP contribution in [0.5, 0.6) is 0 Å². The van der Waals surface area contributed by atoms with E-state index in [1.165, 1.54) is 0 Å². The molecule has 84 valence electrons. The molecule has 1 aromatic carbocycles. The van der Waals surface area contributed by atoms with E-state index in [0.717, 1.165) is 21.9 Å². The number of halogens is 1. The fraction of sp³-hybridized carbons (Fsp3) is 0. The second kappa shape index (κ2) is 4.35. The summed E-state index contributed by atoms with van der Waals surface area (Å²) in [7, 11) is 0. The van der Waals surface area contributed by atoms with Crippen LogP contribution in [0.15, 0.2) is 52.4 Å². The van der Waals surface area contributed by atoms with E-state index in [4.69, 9.17) is 16.1 Å². The van der Waals surface area contributed by atoms with Gasteiger partial charge in [0.25, 0.3) is 0 Å². The normalized spacial score (nSPS) is 10.6. The van der Waals surface area contributed by atoms with Crippen LogP contribution in [-0.2, 0) is 0 Å². The largest absolute Gasteiger partial charge is 0.356 e. The molecule has 3 rings (SSSR count). The van der Waals surface area contributed by atoms with Gasteiger partial charge in [-0.15, -0.1) is 11.3 Å². The fourth-order valence-electron chi connectivity index (χ4n) is 1.59. The number of thiophene rings is 1. The number of hydrogen-bond donors (Lipinski definition) is 0. The zero-order chi connectivity index (χ0) is 11.7. The SMILES string of the molecule is Clc1cccc(-c2cc(-c3cccs3)no2)c1. The molecule has 0 spiro atoms. The second-order valence-electron chi connectivity index (χ2n) is 3.56. The standard InChI is InChI=1S/C13H8ClNOS/c14-10-4-1-3-9(7-10)12-8-11(15-16-12)13-5-2-6-17-13/h1-8H. The smallest absolute Gasteiger partial charge is 0.167 e. The maximum atomic E-state index is 5.94. The lowest BCUT2D eigenvalue weighted by Crippen LogP contribution is -1.72. The molecule has 0 radical (unpaired) electrons. The summed E-state index contributed by atoms with van der Waals surface area (Å²) in [6.45, 7) is 0. The highest BCUT2D eigenvalue weighted by Crippen LogP contribution is 2.29. The second-order valence-corrected chi connectivity index (χ2v) is 4.95. The molecule has 2 heterocycles. The molecule has 0 saturated carbocycles. The van der Waals surface area contributed by atoms with Crippen molar-refractivity contribution in [3.05, 3.63) is 52.9 Å². The minimum atomic E-state index is 0.691. The van der Waals surface area contributed by atoms with Gasteiger partial charge in [0.2, 0.25) is 0 Å². The summed E-state index contributed by atoms with van der Waals surface area (Å²) in [5, 5.41) is 6.77. The van der Waals surface area contributed by atoms with Crippen molar-refractivity contribution in [3.63, 3.8) is 0 Å². The summed E-state index contributed by atoms with van der Waals surface area (Å²) in [5.74, 6) is 0.732. The minimum absolute atomic E-state index is 0.691. The Bertz CT molecular complexity index is 630. The van der Waals surface area contributed by atoms with Gasteiger partial charge in [-0.3, -0.25) is 0 Å². The number of hydrogen-bond acceptors (Lipinski definition) is 3. The maximum absolute atomic E-state index is 5.94. The van der Waals surface area contributed by atoms with E-state index in [0.29, 0.717) is 5.02 Å². The Labute approximate surface area is 107 Å². The van der Waals surface area contributed by atoms with E-state index < -0.39 is 0 Å². The first kappa shape index (κ1) is 10.6. The molecular weight excluding hydrogens is 254 g/mol. The summed E-state index contributed by atoms with van der Waals surface area (Å²) in [6, 6.07) is 13.5. The molecule has 0 amide bonds. The van der Waals surface area contributed by atoms with Crippen LogP contribution in [0.1, 0.15) is 0 Å². The lowest BCUT2D eigenvalue weighted by atomic mass is 10.1. The molecule has 3 aromatic rings. The molecule has 0 atom stereocenters. The van der Waals surface area contributed by atoms with Gasteiger partial charge in [-0.25, -0.2) is 0 Å². The van der Waals surface area contributed by atoms with Crippen LogP contribution in [-0.4, -0.2) is 5.16 Å². The molecule has 2 aromatic heterocycles. The molecular formula is C13H8ClNOS. The van der Waals surface area contributed by atoms with Crippen molar-refractivity contribution >= 4 is 22.9 Å². The summed E-state index contributed by atoms with van der Waals surface area (Å²) >= 11 is 7.58. The van der Waals surface area contributed by atoms with E-state index in [1.807, 2.05) is 47.8 Å². The molecule has 0 saturated heterocycles. The van der Waals surface area contributed by atoms with E-state index in [9.17, 15) is 0 Å². The molecule has 0 unspecified atom stereocenters. The first-order chi connectivity index (χ1) is 8.33. The summed E-state index contributed by atoms with van der Waals surface area (Å²) in [6.07, 6.45) is 0. The summed E-state index contributed by atoms with van der Waals surface area (Å²) in [5.41, 5.74) is 1.79. The van der Waals surface area contributed by atoms with Gasteiger partial charge in [0.1, 0.15) is 5.69 Å². The zero-order valence-corrected chi connectivity index (χ0v) is 10.3. The van der Waals surface area contributed by atoms with Crippen molar-refractivity contribution < 1.29 is 4.52 Å². The van der Waals surface area contributed by atoms with Crippen molar-refractivity contribution in [3.8, 4) is 21.9 Å². The van der Waals surface area contributed by atoms with Crippen LogP contribution in [0.2, 0.25) is 5.02 Å². The van der Waals surface area contributed by atoms with Crippen LogP contribution in [0.3, 0.4) is 0 Å². The number of benzene rings is 1. The third-order valence-electron chi connectivity index (χ3n) is 2.39. The highest BCUT2D eigenvalue weighted by molar-refractivity contribution is 7.13. The van der Waals surface area contributed by atoms with Crippen molar-refractivity contribution in [2.45, 2.75) is 0 Å². The Kier molecular flexibility index (Phi) is 2.71. The highest BCUT2D eigenvalue weighted by atomic mass is 35.5. The van der Waals surface area contributed by atoms with Crippen LogP contribution < -0.4 is 0 Å². The van der Waals surface area contributed by atoms with Gasteiger partial charge in [0, 0.05) is 16.7 Å². The predicted molar refractivity (Wildman–Crippen MR) is 70.3 cm³/mol. The Morgan fingerprint density at radius 3 is 2.82 bits per heavy atom. The average molecular weight is 262 g/mol. The number of nitrogens with zero attached hydrogens (tertiary/aromatic N) is 1. The van der Waals surface area contributed by atoms with Crippen LogP contribution in [0, 0.1) is 0 Å². The van der Waals surface area contributed by atoms with Gasteiger partial charge in [-0.1, -0.05) is 35.0 Å². The third-order valence-corrected chi connectivity index (χ3v) is 3.52. The maximum Gasteiger partial charge on any atom is 0.167 e. The monoisotopic (exact) mass is 261 g/mol. The molecule has 0 aliphatic carbocycles. The molecule has 2 nitrogen and oxygen atoms in total. The molecule has 17 heavy (non-hydrogen) atoms. The Hall–Kier alpha value is -1.58. The summed E-state index contributed by atoms with van der Waals surface area (Å²) in [4.78, 5) is 1.10.